The first kappa shape index (κ1) is 40.8. The molecule has 3 aliphatic heterocycles. The molecule has 16 nitrogen and oxygen atoms in total. The van der Waals surface area contributed by atoms with Crippen LogP contribution in [-0.4, -0.2) is 125 Å². The number of carbonyl (C=O) groups is 3. The lowest BCUT2D eigenvalue weighted by Gasteiger charge is -2.37. The van der Waals surface area contributed by atoms with Crippen LogP contribution in [0, 0.1) is 17.8 Å². The summed E-state index contributed by atoms with van der Waals surface area (Å²) in [5.41, 5.74) is 1.80. The largest absolute Gasteiger partial charge is 0.355 e. The molecule has 7 heterocycles. The average Bonchev–Trinajstić information content (AvgIpc) is 3.96. The van der Waals surface area contributed by atoms with Gasteiger partial charge in [-0.1, -0.05) is 17.9 Å². The molecule has 0 spiro atoms. The number of imide groups is 1. The van der Waals surface area contributed by atoms with Crippen LogP contribution in [0.1, 0.15) is 78.6 Å². The Bertz CT molecular complexity index is 2590. The number of alkyl halides is 2. The van der Waals surface area contributed by atoms with E-state index < -0.39 is 30.0 Å². The first-order valence-corrected chi connectivity index (χ1v) is 22.1. The second-order valence-electron chi connectivity index (χ2n) is 16.3. The summed E-state index contributed by atoms with van der Waals surface area (Å²) >= 11 is 1.89. The van der Waals surface area contributed by atoms with Gasteiger partial charge in [0.25, 0.3) is 12.3 Å². The Morgan fingerprint density at radius 1 is 1.00 bits per heavy atom. The number of anilines is 2. The molecular weight excluding hydrogens is 807 g/mol. The Kier molecular flexibility index (Phi) is 11.7. The number of fused-ring (bicyclic) bond motifs is 2. The summed E-state index contributed by atoms with van der Waals surface area (Å²) in [6, 6.07) is 6.61. The molecule has 0 radical (unpaired) electrons. The first-order valence-electron chi connectivity index (χ1n) is 20.9. The highest BCUT2D eigenvalue weighted by atomic mass is 32.2. The van der Waals surface area contributed by atoms with E-state index in [1.165, 1.54) is 19.8 Å². The lowest BCUT2D eigenvalue weighted by atomic mass is 9.85. The zero-order chi connectivity index (χ0) is 42.2. The molecule has 4 fully saturated rings. The monoisotopic (exact) mass is 854 g/mol. The summed E-state index contributed by atoms with van der Waals surface area (Å²) in [6.07, 6.45) is 5.84. The smallest absolute Gasteiger partial charge is 0.329 e. The number of aryl methyl sites for hydroxylation is 1. The van der Waals surface area contributed by atoms with Gasteiger partial charge in [0.15, 0.2) is 11.3 Å². The van der Waals surface area contributed by atoms with Crippen LogP contribution in [0.5, 0.6) is 0 Å². The molecule has 9 rings (SSSR count). The molecule has 320 valence electrons. The molecule has 1 aromatic carbocycles. The van der Waals surface area contributed by atoms with Gasteiger partial charge in [-0.3, -0.25) is 38.4 Å². The van der Waals surface area contributed by atoms with Crippen molar-refractivity contribution in [2.45, 2.75) is 57.0 Å². The van der Waals surface area contributed by atoms with Gasteiger partial charge in [0.1, 0.15) is 17.4 Å². The zero-order valence-corrected chi connectivity index (χ0v) is 34.8. The van der Waals surface area contributed by atoms with E-state index in [1.807, 2.05) is 36.0 Å². The lowest BCUT2D eigenvalue weighted by molar-refractivity contribution is -0.135. The molecule has 1 atom stereocenters. The number of hydrogen-bond donors (Lipinski definition) is 2. The summed E-state index contributed by atoms with van der Waals surface area (Å²) in [4.78, 5) is 62.8. The van der Waals surface area contributed by atoms with Crippen LogP contribution >= 0.6 is 11.8 Å². The molecule has 3 saturated heterocycles. The van der Waals surface area contributed by atoms with E-state index in [0.29, 0.717) is 34.7 Å². The van der Waals surface area contributed by atoms with E-state index in [-0.39, 0.29) is 41.7 Å². The number of halogens is 2. The normalized spacial score (nSPS) is 21.8. The third-order valence-corrected chi connectivity index (χ3v) is 13.4. The van der Waals surface area contributed by atoms with Crippen molar-refractivity contribution in [3.8, 4) is 11.8 Å². The van der Waals surface area contributed by atoms with Gasteiger partial charge in [0, 0.05) is 83.2 Å². The number of piperidine rings is 1. The number of imidazole rings is 1. The van der Waals surface area contributed by atoms with E-state index in [2.05, 4.69) is 47.4 Å². The van der Waals surface area contributed by atoms with Crippen molar-refractivity contribution in [2.75, 3.05) is 74.1 Å². The maximum Gasteiger partial charge on any atom is 0.329 e. The molecule has 5 aromatic rings. The highest BCUT2D eigenvalue weighted by Crippen LogP contribution is 2.36. The number of nitrogens with zero attached hydrogens (tertiary/aromatic N) is 10. The van der Waals surface area contributed by atoms with Crippen LogP contribution in [0.2, 0.25) is 0 Å². The molecule has 4 aromatic heterocycles. The van der Waals surface area contributed by atoms with Crippen molar-refractivity contribution in [2.24, 2.45) is 13.0 Å². The van der Waals surface area contributed by atoms with Crippen molar-refractivity contribution in [1.82, 2.24) is 48.6 Å². The maximum absolute atomic E-state index is 14.3. The third-order valence-electron chi connectivity index (χ3n) is 12.5. The Morgan fingerprint density at radius 3 is 2.52 bits per heavy atom. The van der Waals surface area contributed by atoms with Gasteiger partial charge in [0.05, 0.1) is 41.1 Å². The van der Waals surface area contributed by atoms with E-state index in [4.69, 9.17) is 4.98 Å². The number of aromatic nitrogens is 7. The van der Waals surface area contributed by atoms with Crippen molar-refractivity contribution in [3.63, 3.8) is 0 Å². The number of benzene rings is 1. The van der Waals surface area contributed by atoms with Gasteiger partial charge in [-0.25, -0.2) is 23.1 Å². The van der Waals surface area contributed by atoms with Crippen LogP contribution in [0.15, 0.2) is 47.7 Å². The van der Waals surface area contributed by atoms with Gasteiger partial charge >= 0.3 is 5.69 Å². The van der Waals surface area contributed by atoms with Crippen molar-refractivity contribution in [1.29, 1.82) is 0 Å². The summed E-state index contributed by atoms with van der Waals surface area (Å²) in [5.74, 6) is 8.46. The van der Waals surface area contributed by atoms with Crippen molar-refractivity contribution in [3.05, 3.63) is 70.2 Å². The van der Waals surface area contributed by atoms with Gasteiger partial charge in [0.2, 0.25) is 11.8 Å². The molecule has 61 heavy (non-hydrogen) atoms. The quantitative estimate of drug-likeness (QED) is 0.165. The molecule has 19 heteroatoms. The predicted molar refractivity (Wildman–Crippen MR) is 227 cm³/mol. The minimum Gasteiger partial charge on any atom is -0.355 e. The molecule has 1 saturated carbocycles. The minimum absolute atomic E-state index is 0.000200. The summed E-state index contributed by atoms with van der Waals surface area (Å²) in [7, 11) is 1.68. The number of para-hydroxylation sites is 1. The SMILES string of the molecule is Cn1c(=O)n(C2CCC(=O)NC2=O)c2cccc(C#CCN3CCN(C[C@H]4CC[C@H](n5cc(NC(=O)c6cnn7ccc(N8CCSCC8)nc67)c(C(F)F)n5)CC4)CC3)c21. The lowest BCUT2D eigenvalue weighted by Crippen LogP contribution is -2.48. The summed E-state index contributed by atoms with van der Waals surface area (Å²) < 4.78 is 34.7. The molecule has 3 amide bonds. The number of piperazine rings is 1. The first-order chi connectivity index (χ1) is 29.6. The van der Waals surface area contributed by atoms with Gasteiger partial charge < -0.3 is 15.1 Å². The van der Waals surface area contributed by atoms with E-state index in [9.17, 15) is 28.0 Å². The summed E-state index contributed by atoms with van der Waals surface area (Å²) in [6.45, 7) is 6.86. The zero-order valence-electron chi connectivity index (χ0n) is 33.9. The number of amides is 3. The number of thioether (sulfide) groups is 1. The van der Waals surface area contributed by atoms with Crippen molar-refractivity contribution < 1.29 is 23.2 Å². The molecular formula is C42H48F2N12O4S. The van der Waals surface area contributed by atoms with Gasteiger partial charge in [-0.2, -0.15) is 22.0 Å². The number of rotatable bonds is 9. The van der Waals surface area contributed by atoms with Crippen LogP contribution in [0.4, 0.5) is 20.3 Å². The summed E-state index contributed by atoms with van der Waals surface area (Å²) in [5, 5.41) is 13.6. The number of carbonyl (C=O) groups excluding carboxylic acids is 3. The average molecular weight is 855 g/mol. The van der Waals surface area contributed by atoms with Crippen LogP contribution in [-0.2, 0) is 16.6 Å². The number of nitrogens with one attached hydrogen (secondary N) is 2. The van der Waals surface area contributed by atoms with Gasteiger partial charge in [-0.15, -0.1) is 0 Å². The topological polar surface area (TPSA) is 160 Å². The highest BCUT2D eigenvalue weighted by Gasteiger charge is 2.32. The Labute approximate surface area is 354 Å². The Balaban J connectivity index is 0.768. The van der Waals surface area contributed by atoms with Crippen molar-refractivity contribution >= 4 is 57.7 Å². The van der Waals surface area contributed by atoms with E-state index in [0.717, 1.165) is 88.8 Å². The third kappa shape index (κ3) is 8.40. The molecule has 2 N–H and O–H groups in total. The van der Waals surface area contributed by atoms with Crippen LogP contribution < -0.4 is 21.2 Å². The second kappa shape index (κ2) is 17.4. The van der Waals surface area contributed by atoms with E-state index in [1.54, 1.807) is 24.1 Å². The fraction of sp³-hybridized carbons (Fsp3) is 0.500. The molecule has 4 aliphatic rings. The fourth-order valence-electron chi connectivity index (χ4n) is 9.13. The molecule has 0 bridgehead atoms. The fourth-order valence-corrected chi connectivity index (χ4v) is 10.0. The van der Waals surface area contributed by atoms with Crippen LogP contribution in [0.3, 0.4) is 0 Å². The minimum atomic E-state index is -2.85. The highest BCUT2D eigenvalue weighted by molar-refractivity contribution is 7.99. The molecule has 1 unspecified atom stereocenters. The Morgan fingerprint density at radius 2 is 1.77 bits per heavy atom. The van der Waals surface area contributed by atoms with Gasteiger partial charge in [-0.05, 0) is 56.2 Å². The standard InChI is InChI=1S/C42H48F2N12O4S/c1-50-37-28(4-2-6-32(37)56(42(50)60)33-11-12-35(57)48-41(33)59)5-3-14-51-16-18-52(19-17-51)25-27-7-9-29(10-8-27)55-26-31(36(49-55)38(43)44)46-40(58)30-24-45-54-15-13-34(47-39(30)54)53-20-22-61-23-21-53/h2,4,6,13,15,24,26-27,29,33,38H,7-12,14,16-23,25H2,1H3,(H,46,58)(H,48,57,59)/t27-,29-,33?. The Hall–Kier alpha value is -5.58. The van der Waals surface area contributed by atoms with E-state index >= 15 is 0 Å². The maximum atomic E-state index is 14.3. The predicted octanol–water partition coefficient (Wildman–Crippen LogP) is 3.70. The van der Waals surface area contributed by atoms with Crippen LogP contribution in [0.25, 0.3) is 16.7 Å². The number of hydrogen-bond acceptors (Lipinski definition) is 11. The second-order valence-corrected chi connectivity index (χ2v) is 17.5. The molecule has 1 aliphatic carbocycles.